The van der Waals surface area contributed by atoms with Gasteiger partial charge in [0.15, 0.2) is 0 Å². The van der Waals surface area contributed by atoms with Crippen molar-refractivity contribution in [2.24, 2.45) is 15.9 Å². The highest BCUT2D eigenvalue weighted by Crippen LogP contribution is 2.19. The van der Waals surface area contributed by atoms with Crippen LogP contribution in [0.5, 0.6) is 0 Å². The van der Waals surface area contributed by atoms with Crippen molar-refractivity contribution in [2.75, 3.05) is 13.1 Å². The van der Waals surface area contributed by atoms with Gasteiger partial charge in [-0.3, -0.25) is 14.8 Å². The van der Waals surface area contributed by atoms with Crippen LogP contribution in [0.1, 0.15) is 57.8 Å². The third-order valence-corrected chi connectivity index (χ3v) is 4.05. The van der Waals surface area contributed by atoms with E-state index < -0.39 is 5.97 Å². The average Bonchev–Trinajstić information content (AvgIpc) is 2.29. The molecule has 2 aliphatic rings. The SMILES string of the molecule is O=C(O)C1CCCN=C(C2=NCCCCCC2)CC1. The van der Waals surface area contributed by atoms with E-state index in [1.807, 2.05) is 0 Å². The van der Waals surface area contributed by atoms with E-state index in [9.17, 15) is 4.79 Å². The normalized spacial score (nSPS) is 26.2. The van der Waals surface area contributed by atoms with Gasteiger partial charge in [0.25, 0.3) is 0 Å². The Balaban J connectivity index is 2.02. The van der Waals surface area contributed by atoms with Crippen molar-refractivity contribution in [3.63, 3.8) is 0 Å². The average molecular weight is 264 g/mol. The molecule has 0 saturated heterocycles. The molecule has 1 N–H and O–H groups in total. The zero-order valence-corrected chi connectivity index (χ0v) is 11.6. The van der Waals surface area contributed by atoms with Crippen molar-refractivity contribution in [2.45, 2.75) is 57.8 Å². The van der Waals surface area contributed by atoms with Crippen LogP contribution >= 0.6 is 0 Å². The molecule has 106 valence electrons. The minimum Gasteiger partial charge on any atom is -0.481 e. The highest BCUT2D eigenvalue weighted by Gasteiger charge is 2.21. The molecule has 4 heteroatoms. The highest BCUT2D eigenvalue weighted by atomic mass is 16.4. The molecule has 4 nitrogen and oxygen atoms in total. The molecule has 1 atom stereocenters. The number of aliphatic carboxylic acids is 1. The van der Waals surface area contributed by atoms with Crippen LogP contribution in [0.15, 0.2) is 9.98 Å². The second kappa shape index (κ2) is 7.41. The minimum absolute atomic E-state index is 0.195. The molecular weight excluding hydrogens is 240 g/mol. The van der Waals surface area contributed by atoms with Crippen LogP contribution in [0.4, 0.5) is 0 Å². The van der Waals surface area contributed by atoms with E-state index in [0.717, 1.165) is 50.2 Å². The number of nitrogens with zero attached hydrogens (tertiary/aromatic N) is 2. The van der Waals surface area contributed by atoms with Gasteiger partial charge in [0, 0.05) is 13.1 Å². The van der Waals surface area contributed by atoms with Gasteiger partial charge in [-0.2, -0.15) is 0 Å². The van der Waals surface area contributed by atoms with E-state index in [4.69, 9.17) is 5.11 Å². The quantitative estimate of drug-likeness (QED) is 0.833. The molecule has 0 aromatic carbocycles. The summed E-state index contributed by atoms with van der Waals surface area (Å²) in [7, 11) is 0. The van der Waals surface area contributed by atoms with Crippen LogP contribution in [0.2, 0.25) is 0 Å². The van der Waals surface area contributed by atoms with E-state index in [1.54, 1.807) is 0 Å². The monoisotopic (exact) mass is 264 g/mol. The fraction of sp³-hybridized carbons (Fsp3) is 0.800. The van der Waals surface area contributed by atoms with Crippen molar-refractivity contribution in [3.8, 4) is 0 Å². The Hall–Kier alpha value is -1.19. The Morgan fingerprint density at radius 3 is 2.37 bits per heavy atom. The van der Waals surface area contributed by atoms with Crippen LogP contribution in [-0.4, -0.2) is 35.6 Å². The maximum absolute atomic E-state index is 11.1. The first kappa shape index (κ1) is 14.2. The molecule has 1 unspecified atom stereocenters. The van der Waals surface area contributed by atoms with Crippen LogP contribution in [0.25, 0.3) is 0 Å². The summed E-state index contributed by atoms with van der Waals surface area (Å²) in [6.07, 6.45) is 9.11. The van der Waals surface area contributed by atoms with Gasteiger partial charge in [-0.15, -0.1) is 0 Å². The molecule has 2 heterocycles. The van der Waals surface area contributed by atoms with Crippen molar-refractivity contribution in [1.29, 1.82) is 0 Å². The molecule has 0 aliphatic carbocycles. The van der Waals surface area contributed by atoms with Gasteiger partial charge >= 0.3 is 5.97 Å². The lowest BCUT2D eigenvalue weighted by Gasteiger charge is -2.18. The van der Waals surface area contributed by atoms with Gasteiger partial charge in [0.05, 0.1) is 17.3 Å². The van der Waals surface area contributed by atoms with E-state index in [2.05, 4.69) is 9.98 Å². The lowest BCUT2D eigenvalue weighted by Crippen LogP contribution is -2.23. The Morgan fingerprint density at radius 2 is 1.58 bits per heavy atom. The van der Waals surface area contributed by atoms with Crippen molar-refractivity contribution in [3.05, 3.63) is 0 Å². The summed E-state index contributed by atoms with van der Waals surface area (Å²) in [4.78, 5) is 20.5. The topological polar surface area (TPSA) is 62.0 Å². The maximum Gasteiger partial charge on any atom is 0.306 e. The van der Waals surface area contributed by atoms with Gasteiger partial charge < -0.3 is 5.11 Å². The summed E-state index contributed by atoms with van der Waals surface area (Å²) in [5.41, 5.74) is 2.25. The van der Waals surface area contributed by atoms with E-state index in [1.165, 1.54) is 25.7 Å². The van der Waals surface area contributed by atoms with Gasteiger partial charge in [-0.25, -0.2) is 0 Å². The van der Waals surface area contributed by atoms with Crippen LogP contribution < -0.4 is 0 Å². The number of carboxylic acids is 1. The first-order valence-corrected chi connectivity index (χ1v) is 7.57. The molecule has 0 aromatic heterocycles. The van der Waals surface area contributed by atoms with Gasteiger partial charge in [-0.05, 0) is 44.9 Å². The zero-order chi connectivity index (χ0) is 13.5. The lowest BCUT2D eigenvalue weighted by atomic mass is 9.92. The Morgan fingerprint density at radius 1 is 0.895 bits per heavy atom. The molecule has 2 rings (SSSR count). The van der Waals surface area contributed by atoms with Crippen LogP contribution in [0, 0.1) is 5.92 Å². The molecular formula is C15H24N2O2. The first-order chi connectivity index (χ1) is 9.27. The predicted molar refractivity (Wildman–Crippen MR) is 77.3 cm³/mol. The van der Waals surface area contributed by atoms with E-state index >= 15 is 0 Å². The summed E-state index contributed by atoms with van der Waals surface area (Å²) in [6.45, 7) is 1.68. The number of carbonyl (C=O) groups is 1. The summed E-state index contributed by atoms with van der Waals surface area (Å²) in [5, 5.41) is 9.16. The maximum atomic E-state index is 11.1. The molecule has 0 radical (unpaired) electrons. The summed E-state index contributed by atoms with van der Waals surface area (Å²) in [6, 6.07) is 0. The second-order valence-corrected chi connectivity index (χ2v) is 5.54. The fourth-order valence-electron chi connectivity index (χ4n) is 2.85. The third-order valence-electron chi connectivity index (χ3n) is 4.05. The molecule has 0 saturated carbocycles. The summed E-state index contributed by atoms with van der Waals surface area (Å²) in [5.74, 6) is -0.847. The number of carboxylic acid groups (broad SMARTS) is 1. The standard InChI is InChI=1S/C15H24N2O2/c18-15(19)12-6-5-11-17-14(9-8-12)13-7-3-1-2-4-10-16-13/h12H,1-11H2,(H,18,19). The smallest absolute Gasteiger partial charge is 0.306 e. The van der Waals surface area contributed by atoms with Crippen molar-refractivity contribution in [1.82, 2.24) is 0 Å². The van der Waals surface area contributed by atoms with Crippen LogP contribution in [0.3, 0.4) is 0 Å². The Labute approximate surface area is 115 Å². The number of hydrogen-bond donors (Lipinski definition) is 1. The molecule has 0 aromatic rings. The van der Waals surface area contributed by atoms with Gasteiger partial charge in [-0.1, -0.05) is 12.8 Å². The number of hydrogen-bond acceptors (Lipinski definition) is 3. The molecule has 0 fully saturated rings. The first-order valence-electron chi connectivity index (χ1n) is 7.57. The van der Waals surface area contributed by atoms with E-state index in [-0.39, 0.29) is 5.92 Å². The van der Waals surface area contributed by atoms with Gasteiger partial charge in [0.2, 0.25) is 0 Å². The predicted octanol–water partition coefficient (Wildman–Crippen LogP) is 3.11. The second-order valence-electron chi connectivity index (χ2n) is 5.54. The lowest BCUT2D eigenvalue weighted by molar-refractivity contribution is -0.142. The number of aliphatic imine (C=N–C) groups is 2. The molecule has 0 amide bonds. The third kappa shape index (κ3) is 4.44. The molecule has 2 aliphatic heterocycles. The number of rotatable bonds is 2. The summed E-state index contributed by atoms with van der Waals surface area (Å²) < 4.78 is 0. The fourth-order valence-corrected chi connectivity index (χ4v) is 2.85. The zero-order valence-electron chi connectivity index (χ0n) is 11.6. The summed E-state index contributed by atoms with van der Waals surface area (Å²) >= 11 is 0. The molecule has 0 spiro atoms. The Bertz CT molecular complexity index is 374. The molecule has 0 bridgehead atoms. The van der Waals surface area contributed by atoms with E-state index in [0.29, 0.717) is 6.42 Å². The molecule has 19 heavy (non-hydrogen) atoms. The highest BCUT2D eigenvalue weighted by molar-refractivity contribution is 6.42. The van der Waals surface area contributed by atoms with Crippen LogP contribution in [-0.2, 0) is 4.79 Å². The van der Waals surface area contributed by atoms with Gasteiger partial charge in [0.1, 0.15) is 0 Å². The largest absolute Gasteiger partial charge is 0.481 e. The Kier molecular flexibility index (Phi) is 5.55. The minimum atomic E-state index is -0.652. The van der Waals surface area contributed by atoms with Crippen molar-refractivity contribution >= 4 is 17.4 Å². The van der Waals surface area contributed by atoms with Crippen molar-refractivity contribution < 1.29 is 9.90 Å².